The summed E-state index contributed by atoms with van der Waals surface area (Å²) in [5, 5.41) is 5.20. The van der Waals surface area contributed by atoms with E-state index in [2.05, 4.69) is 84.9 Å². The van der Waals surface area contributed by atoms with E-state index in [1.165, 1.54) is 32.7 Å². The van der Waals surface area contributed by atoms with Crippen LogP contribution in [0, 0.1) is 0 Å². The zero-order valence-corrected chi connectivity index (χ0v) is 13.7. The topological polar surface area (TPSA) is 57.5 Å². The lowest BCUT2D eigenvalue weighted by atomic mass is 9.94. The number of fused-ring (bicyclic) bond motifs is 2. The molecule has 0 spiro atoms. The van der Waals surface area contributed by atoms with Gasteiger partial charge in [0.25, 0.3) is 0 Å². The Labute approximate surface area is 140 Å². The number of benzene rings is 4. The van der Waals surface area contributed by atoms with E-state index in [1.54, 1.807) is 0 Å². The summed E-state index contributed by atoms with van der Waals surface area (Å²) in [5.74, 6) is 0. The van der Waals surface area contributed by atoms with Crippen molar-refractivity contribution in [1.82, 2.24) is 0 Å². The number of hydrogen-bond acceptors (Lipinski definition) is 1. The molecule has 0 saturated heterocycles. The Morgan fingerprint density at radius 3 is 1.29 bits per heavy atom. The summed E-state index contributed by atoms with van der Waals surface area (Å²) in [6.45, 7) is 0. The number of hydrogen-bond donors (Lipinski definition) is 2. The van der Waals surface area contributed by atoms with E-state index < -0.39 is 8.25 Å². The van der Waals surface area contributed by atoms with Gasteiger partial charge in [-0.25, -0.2) is 0 Å². The highest BCUT2D eigenvalue weighted by Gasteiger charge is 2.06. The van der Waals surface area contributed by atoms with Gasteiger partial charge in [0.1, 0.15) is 0 Å². The third-order valence-electron chi connectivity index (χ3n) is 3.87. The van der Waals surface area contributed by atoms with Gasteiger partial charge in [0.05, 0.1) is 0 Å². The smallest absolute Gasteiger partial charge is 0.134 e. The minimum absolute atomic E-state index is 1.29. The van der Waals surface area contributed by atoms with E-state index in [0.717, 1.165) is 0 Å². The second kappa shape index (κ2) is 7.33. The van der Waals surface area contributed by atoms with Gasteiger partial charge in [-0.15, -0.1) is 9.79 Å². The highest BCUT2D eigenvalue weighted by atomic mass is 31.1. The van der Waals surface area contributed by atoms with Crippen molar-refractivity contribution in [1.29, 1.82) is 0 Å². The summed E-state index contributed by atoms with van der Waals surface area (Å²) in [7, 11) is -2.87. The van der Waals surface area contributed by atoms with Crippen LogP contribution in [-0.2, 0) is 4.57 Å². The number of rotatable bonds is 1. The molecule has 0 aliphatic heterocycles. The first-order chi connectivity index (χ1) is 11.7. The predicted molar refractivity (Wildman–Crippen MR) is 98.9 cm³/mol. The van der Waals surface area contributed by atoms with Crippen LogP contribution < -0.4 is 0 Å². The van der Waals surface area contributed by atoms with E-state index in [-0.39, 0.29) is 0 Å². The molecule has 24 heavy (non-hydrogen) atoms. The quantitative estimate of drug-likeness (QED) is 0.465. The maximum Gasteiger partial charge on any atom is 0.692 e. The van der Waals surface area contributed by atoms with Gasteiger partial charge in [-0.1, -0.05) is 84.9 Å². The van der Waals surface area contributed by atoms with E-state index >= 15 is 0 Å². The molecule has 0 aliphatic rings. The van der Waals surface area contributed by atoms with Gasteiger partial charge in [-0.2, -0.15) is 0 Å². The summed E-state index contributed by atoms with van der Waals surface area (Å²) in [6, 6.07) is 30.2. The second-order valence-electron chi connectivity index (χ2n) is 5.31. The van der Waals surface area contributed by atoms with E-state index in [0.29, 0.717) is 0 Å². The van der Waals surface area contributed by atoms with Crippen LogP contribution in [0.3, 0.4) is 0 Å². The summed E-state index contributed by atoms with van der Waals surface area (Å²) in [5.41, 5.74) is 2.61. The fraction of sp³-hybridized carbons (Fsp3) is 0. The molecule has 0 amide bonds. The average Bonchev–Trinajstić information content (AvgIpc) is 2.60. The molecule has 0 heterocycles. The van der Waals surface area contributed by atoms with Crippen LogP contribution in [0.4, 0.5) is 0 Å². The summed E-state index contributed by atoms with van der Waals surface area (Å²) < 4.78 is 8.70. The molecule has 4 heteroatoms. The molecule has 0 unspecified atom stereocenters. The molecular formula is C20H16O3P+. The molecular weight excluding hydrogens is 319 g/mol. The molecule has 3 nitrogen and oxygen atoms in total. The highest BCUT2D eigenvalue weighted by molar-refractivity contribution is 7.30. The Morgan fingerprint density at radius 2 is 0.875 bits per heavy atom. The van der Waals surface area contributed by atoms with Crippen LogP contribution in [0.2, 0.25) is 0 Å². The van der Waals surface area contributed by atoms with Crippen molar-refractivity contribution in [2.24, 2.45) is 0 Å². The molecule has 0 aliphatic carbocycles. The minimum Gasteiger partial charge on any atom is -0.134 e. The second-order valence-corrected chi connectivity index (χ2v) is 5.81. The SMILES string of the molecule is O=[P+](O)O.c1ccc2c(-c3cccc4ccccc34)cccc2c1. The monoisotopic (exact) mass is 335 g/mol. The van der Waals surface area contributed by atoms with Crippen molar-refractivity contribution in [3.05, 3.63) is 84.9 Å². The fourth-order valence-electron chi connectivity index (χ4n) is 2.92. The summed E-state index contributed by atoms with van der Waals surface area (Å²) in [6.07, 6.45) is 0. The predicted octanol–water partition coefficient (Wildman–Crippen LogP) is 5.29. The average molecular weight is 335 g/mol. The van der Waals surface area contributed by atoms with Gasteiger partial charge in [0.15, 0.2) is 0 Å². The van der Waals surface area contributed by atoms with Crippen molar-refractivity contribution in [3.63, 3.8) is 0 Å². The molecule has 118 valence electrons. The molecule has 0 aromatic heterocycles. The molecule has 0 fully saturated rings. The minimum atomic E-state index is -2.87. The van der Waals surface area contributed by atoms with E-state index in [9.17, 15) is 0 Å². The van der Waals surface area contributed by atoms with Crippen LogP contribution in [0.1, 0.15) is 0 Å². The Bertz CT molecular complexity index is 920. The van der Waals surface area contributed by atoms with Crippen LogP contribution in [-0.4, -0.2) is 9.79 Å². The third kappa shape index (κ3) is 3.50. The lowest BCUT2D eigenvalue weighted by Gasteiger charge is -2.10. The van der Waals surface area contributed by atoms with Crippen molar-refractivity contribution in [3.8, 4) is 11.1 Å². The first-order valence-corrected chi connectivity index (χ1v) is 8.64. The van der Waals surface area contributed by atoms with Gasteiger partial charge in [-0.05, 0) is 32.7 Å². The Hall–Kier alpha value is -2.58. The normalized spacial score (nSPS) is 10.2. The van der Waals surface area contributed by atoms with Crippen molar-refractivity contribution >= 4 is 29.8 Å². The Morgan fingerprint density at radius 1 is 0.542 bits per heavy atom. The molecule has 0 bridgehead atoms. The third-order valence-corrected chi connectivity index (χ3v) is 3.87. The maximum absolute atomic E-state index is 8.70. The lowest BCUT2D eigenvalue weighted by molar-refractivity contribution is 0.405. The fourth-order valence-corrected chi connectivity index (χ4v) is 2.92. The van der Waals surface area contributed by atoms with Gasteiger partial charge in [-0.3, -0.25) is 0 Å². The Balaban J connectivity index is 0.000000383. The highest BCUT2D eigenvalue weighted by Crippen LogP contribution is 2.33. The molecule has 0 saturated carbocycles. The van der Waals surface area contributed by atoms with Gasteiger partial charge < -0.3 is 0 Å². The largest absolute Gasteiger partial charge is 0.692 e. The molecule has 0 atom stereocenters. The van der Waals surface area contributed by atoms with Crippen molar-refractivity contribution in [2.45, 2.75) is 0 Å². The van der Waals surface area contributed by atoms with Crippen molar-refractivity contribution < 1.29 is 14.4 Å². The first-order valence-electron chi connectivity index (χ1n) is 7.48. The van der Waals surface area contributed by atoms with Crippen LogP contribution in [0.5, 0.6) is 0 Å². The molecule has 4 aromatic rings. The van der Waals surface area contributed by atoms with E-state index in [4.69, 9.17) is 14.4 Å². The van der Waals surface area contributed by atoms with Gasteiger partial charge >= 0.3 is 8.25 Å². The van der Waals surface area contributed by atoms with E-state index in [1.807, 2.05) is 0 Å². The molecule has 4 rings (SSSR count). The first kappa shape index (κ1) is 16.3. The summed E-state index contributed by atoms with van der Waals surface area (Å²) in [4.78, 5) is 14.2. The van der Waals surface area contributed by atoms with Crippen LogP contribution in [0.15, 0.2) is 84.9 Å². The zero-order chi connectivity index (χ0) is 16.9. The zero-order valence-electron chi connectivity index (χ0n) is 12.8. The molecule has 0 radical (unpaired) electrons. The van der Waals surface area contributed by atoms with Crippen molar-refractivity contribution in [2.75, 3.05) is 0 Å². The summed E-state index contributed by atoms with van der Waals surface area (Å²) >= 11 is 0. The molecule has 4 aromatic carbocycles. The van der Waals surface area contributed by atoms with Gasteiger partial charge in [0, 0.05) is 4.57 Å². The van der Waals surface area contributed by atoms with Crippen LogP contribution in [0.25, 0.3) is 32.7 Å². The standard InChI is InChI=1S/C20H14.HO3P/c1-3-11-17-15(7-1)9-5-13-19(17)20-14-6-10-16-8-2-4-12-18(16)20;1-4(2)3/h1-14H;(H-,1,2,3)/p+1. The van der Waals surface area contributed by atoms with Gasteiger partial charge in [0.2, 0.25) is 0 Å². The maximum atomic E-state index is 8.70. The lowest BCUT2D eigenvalue weighted by Crippen LogP contribution is -1.83. The molecule has 2 N–H and O–H groups in total. The van der Waals surface area contributed by atoms with Crippen LogP contribution >= 0.6 is 8.25 Å². The Kier molecular flexibility index (Phi) is 4.97.